The Balaban J connectivity index is 1.55. The Morgan fingerprint density at radius 1 is 1.32 bits per heavy atom. The molecule has 1 saturated carbocycles. The van der Waals surface area contributed by atoms with Crippen LogP contribution in [0.4, 0.5) is 4.39 Å². The number of rotatable bonds is 5. The van der Waals surface area contributed by atoms with Crippen molar-refractivity contribution >= 4 is 17.5 Å². The van der Waals surface area contributed by atoms with Crippen molar-refractivity contribution in [1.29, 1.82) is 0 Å². The summed E-state index contributed by atoms with van der Waals surface area (Å²) in [4.78, 5) is 13.6. The Bertz CT molecular complexity index is 858. The molecular formula is C22H24ClFN2O2. The number of amides is 1. The molecule has 28 heavy (non-hydrogen) atoms. The number of carbonyl (C=O) groups is 1. The van der Waals surface area contributed by atoms with Crippen molar-refractivity contribution in [2.75, 3.05) is 19.6 Å². The predicted molar refractivity (Wildman–Crippen MR) is 106 cm³/mol. The second kappa shape index (κ2) is 7.47. The van der Waals surface area contributed by atoms with Crippen molar-refractivity contribution in [3.63, 3.8) is 0 Å². The molecule has 2 N–H and O–H groups in total. The summed E-state index contributed by atoms with van der Waals surface area (Å²) >= 11 is 5.98. The van der Waals surface area contributed by atoms with Crippen molar-refractivity contribution in [1.82, 2.24) is 10.2 Å². The molecule has 6 heteroatoms. The lowest BCUT2D eigenvalue weighted by Crippen LogP contribution is -2.28. The third-order valence-corrected chi connectivity index (χ3v) is 6.39. The summed E-state index contributed by atoms with van der Waals surface area (Å²) < 4.78 is 13.7. The number of halogens is 2. The minimum Gasteiger partial charge on any atom is -0.391 e. The van der Waals surface area contributed by atoms with E-state index in [9.17, 15) is 14.3 Å². The van der Waals surface area contributed by atoms with Crippen LogP contribution in [0.5, 0.6) is 0 Å². The molecule has 4 rings (SSSR count). The summed E-state index contributed by atoms with van der Waals surface area (Å²) in [6, 6.07) is 14.7. The number of nitrogens with zero attached hydrogens (tertiary/aromatic N) is 1. The maximum atomic E-state index is 13.7. The highest BCUT2D eigenvalue weighted by molar-refractivity contribution is 6.30. The van der Waals surface area contributed by atoms with Crippen molar-refractivity contribution < 1.29 is 14.3 Å². The number of nitrogens with one attached hydrogen (secondary N) is 1. The summed E-state index contributed by atoms with van der Waals surface area (Å²) in [5.74, 6) is -0.0479. The topological polar surface area (TPSA) is 52.6 Å². The summed E-state index contributed by atoms with van der Waals surface area (Å²) in [5, 5.41) is 14.3. The van der Waals surface area contributed by atoms with Crippen LogP contribution >= 0.6 is 11.6 Å². The van der Waals surface area contributed by atoms with Crippen molar-refractivity contribution in [3.8, 4) is 0 Å². The maximum Gasteiger partial charge on any atom is 0.216 e. The average Bonchev–Trinajstić information content (AvgIpc) is 3.16. The van der Waals surface area contributed by atoms with E-state index < -0.39 is 6.10 Å². The maximum absolute atomic E-state index is 13.7. The number of carbonyl (C=O) groups excluding carboxylic acids is 1. The molecule has 2 aromatic rings. The van der Waals surface area contributed by atoms with Gasteiger partial charge in [0, 0.05) is 43.5 Å². The molecule has 1 aliphatic heterocycles. The normalized spacial score (nSPS) is 29.2. The number of aliphatic hydroxyl groups is 1. The fourth-order valence-corrected chi connectivity index (χ4v) is 5.27. The minimum atomic E-state index is -0.500. The zero-order valence-electron chi connectivity index (χ0n) is 15.7. The lowest BCUT2D eigenvalue weighted by molar-refractivity contribution is -0.119. The molecular weight excluding hydrogens is 379 g/mol. The Labute approximate surface area is 169 Å². The fourth-order valence-electron chi connectivity index (χ4n) is 5.03. The number of hydrogen-bond donors (Lipinski definition) is 2. The second-order valence-electron chi connectivity index (χ2n) is 8.01. The van der Waals surface area contributed by atoms with Crippen LogP contribution in [0.15, 0.2) is 48.5 Å². The van der Waals surface area contributed by atoms with Gasteiger partial charge in [-0.15, -0.1) is 0 Å². The Kier molecular flexibility index (Phi) is 5.17. The molecule has 2 fully saturated rings. The molecule has 148 valence electrons. The fraction of sp³-hybridized carbons (Fsp3) is 0.409. The summed E-state index contributed by atoms with van der Waals surface area (Å²) in [6.45, 7) is 3.81. The van der Waals surface area contributed by atoms with Crippen LogP contribution in [0.3, 0.4) is 0 Å². The first kappa shape index (κ1) is 19.4. The molecule has 1 heterocycles. The number of aliphatic hydroxyl groups excluding tert-OH is 1. The standard InChI is InChI=1S/C22H24ClFN2O2/c1-14(27)25-10-19-21(16-5-3-2-4-6-16)22(19)13-26(12-20(22)28)11-15-7-17(23)9-18(24)8-15/h2-9,19-21,28H,10-13H2,1H3,(H,25,27)/t19-,20-,21-,22-/m1/s1. The van der Waals surface area contributed by atoms with E-state index in [0.29, 0.717) is 31.2 Å². The average molecular weight is 403 g/mol. The third-order valence-electron chi connectivity index (χ3n) is 6.17. The van der Waals surface area contributed by atoms with Gasteiger partial charge in [-0.05, 0) is 41.2 Å². The van der Waals surface area contributed by atoms with E-state index in [1.165, 1.54) is 24.6 Å². The lowest BCUT2D eigenvalue weighted by atomic mass is 9.95. The van der Waals surface area contributed by atoms with Gasteiger partial charge < -0.3 is 10.4 Å². The quantitative estimate of drug-likeness (QED) is 0.807. The molecule has 2 aromatic carbocycles. The summed E-state index contributed by atoms with van der Waals surface area (Å²) in [7, 11) is 0. The number of benzene rings is 2. The number of likely N-dealkylation sites (tertiary alicyclic amines) is 1. The molecule has 2 aliphatic rings. The Morgan fingerprint density at radius 3 is 2.75 bits per heavy atom. The van der Waals surface area contributed by atoms with Crippen LogP contribution in [-0.2, 0) is 11.3 Å². The van der Waals surface area contributed by atoms with Crippen LogP contribution in [0.1, 0.15) is 24.0 Å². The monoisotopic (exact) mass is 402 g/mol. The van der Waals surface area contributed by atoms with Crippen LogP contribution < -0.4 is 5.32 Å². The molecule has 0 unspecified atom stereocenters. The lowest BCUT2D eigenvalue weighted by Gasteiger charge is -2.17. The van der Waals surface area contributed by atoms with Gasteiger partial charge in [0.1, 0.15) is 5.82 Å². The van der Waals surface area contributed by atoms with Gasteiger partial charge in [-0.3, -0.25) is 9.69 Å². The Morgan fingerprint density at radius 2 is 2.07 bits per heavy atom. The van der Waals surface area contributed by atoms with E-state index in [-0.39, 0.29) is 29.0 Å². The van der Waals surface area contributed by atoms with E-state index in [4.69, 9.17) is 11.6 Å². The number of hydrogen-bond acceptors (Lipinski definition) is 3. The first-order valence-corrected chi connectivity index (χ1v) is 9.92. The van der Waals surface area contributed by atoms with E-state index in [2.05, 4.69) is 22.3 Å². The van der Waals surface area contributed by atoms with E-state index in [1.807, 2.05) is 18.2 Å². The van der Waals surface area contributed by atoms with Gasteiger partial charge in [0.05, 0.1) is 6.10 Å². The highest BCUT2D eigenvalue weighted by atomic mass is 35.5. The van der Waals surface area contributed by atoms with Crippen molar-refractivity contribution in [2.24, 2.45) is 11.3 Å². The summed E-state index contributed by atoms with van der Waals surface area (Å²) in [6.07, 6.45) is -0.500. The predicted octanol–water partition coefficient (Wildman–Crippen LogP) is 3.19. The zero-order valence-corrected chi connectivity index (χ0v) is 16.5. The van der Waals surface area contributed by atoms with Gasteiger partial charge in [-0.2, -0.15) is 0 Å². The van der Waals surface area contributed by atoms with Crippen molar-refractivity contribution in [2.45, 2.75) is 25.5 Å². The minimum absolute atomic E-state index is 0.0624. The van der Waals surface area contributed by atoms with Gasteiger partial charge in [0.25, 0.3) is 0 Å². The molecule has 4 atom stereocenters. The second-order valence-corrected chi connectivity index (χ2v) is 8.44. The van der Waals surface area contributed by atoms with Crippen LogP contribution in [0, 0.1) is 17.2 Å². The zero-order chi connectivity index (χ0) is 19.9. The van der Waals surface area contributed by atoms with Gasteiger partial charge in [-0.1, -0.05) is 41.9 Å². The first-order chi connectivity index (χ1) is 13.4. The molecule has 1 aliphatic carbocycles. The van der Waals surface area contributed by atoms with Gasteiger partial charge in [0.2, 0.25) is 5.91 Å². The molecule has 0 aromatic heterocycles. The molecule has 1 spiro atoms. The van der Waals surface area contributed by atoms with Crippen LogP contribution in [0.2, 0.25) is 5.02 Å². The SMILES string of the molecule is CC(=O)NC[C@@H]1[C@@H](c2ccccc2)[C@]12CN(Cc1cc(F)cc(Cl)c1)C[C@H]2O. The third kappa shape index (κ3) is 3.54. The largest absolute Gasteiger partial charge is 0.391 e. The molecule has 4 nitrogen and oxygen atoms in total. The molecule has 1 amide bonds. The van der Waals surface area contributed by atoms with E-state index in [0.717, 1.165) is 5.56 Å². The van der Waals surface area contributed by atoms with Crippen LogP contribution in [-0.4, -0.2) is 41.7 Å². The highest BCUT2D eigenvalue weighted by Gasteiger charge is 2.70. The molecule has 0 bridgehead atoms. The van der Waals surface area contributed by atoms with E-state index >= 15 is 0 Å². The van der Waals surface area contributed by atoms with Gasteiger partial charge in [-0.25, -0.2) is 4.39 Å². The Hall–Kier alpha value is -1.95. The van der Waals surface area contributed by atoms with Crippen molar-refractivity contribution in [3.05, 3.63) is 70.5 Å². The highest BCUT2D eigenvalue weighted by Crippen LogP contribution is 2.68. The van der Waals surface area contributed by atoms with E-state index in [1.54, 1.807) is 6.07 Å². The van der Waals surface area contributed by atoms with Gasteiger partial charge in [0.15, 0.2) is 0 Å². The number of β-amino-alcohol motifs (C(OH)–C–C–N with tert-alkyl or cyclic N) is 1. The summed E-state index contributed by atoms with van der Waals surface area (Å²) in [5.41, 5.74) is 1.69. The smallest absolute Gasteiger partial charge is 0.216 e. The van der Waals surface area contributed by atoms with Crippen LogP contribution in [0.25, 0.3) is 0 Å². The van der Waals surface area contributed by atoms with Gasteiger partial charge >= 0.3 is 0 Å². The molecule has 1 saturated heterocycles. The molecule has 0 radical (unpaired) electrons. The first-order valence-electron chi connectivity index (χ1n) is 9.55.